The number of nitrogens with zero attached hydrogens (tertiary/aromatic N) is 5. The molecule has 216 valence electrons. The molecule has 12 heteroatoms. The van der Waals surface area contributed by atoms with Crippen molar-refractivity contribution in [3.8, 4) is 5.75 Å². The molecule has 2 aliphatic rings. The summed E-state index contributed by atoms with van der Waals surface area (Å²) >= 11 is 6.44. The van der Waals surface area contributed by atoms with Gasteiger partial charge >= 0.3 is 0 Å². The number of anilines is 4. The zero-order valence-electron chi connectivity index (χ0n) is 23.7. The summed E-state index contributed by atoms with van der Waals surface area (Å²) in [7, 11) is 0.241. The molecule has 1 unspecified atom stereocenters. The summed E-state index contributed by atoms with van der Waals surface area (Å²) in [6.07, 6.45) is 7.76. The van der Waals surface area contributed by atoms with Crippen LogP contribution >= 0.6 is 11.6 Å². The highest BCUT2D eigenvalue weighted by Gasteiger charge is 2.28. The predicted molar refractivity (Wildman–Crippen MR) is 158 cm³/mol. The van der Waals surface area contributed by atoms with Crippen molar-refractivity contribution in [3.63, 3.8) is 0 Å². The van der Waals surface area contributed by atoms with Gasteiger partial charge in [-0.3, -0.25) is 4.68 Å². The van der Waals surface area contributed by atoms with Gasteiger partial charge in [0.2, 0.25) is 11.0 Å². The number of benzene rings is 1. The summed E-state index contributed by atoms with van der Waals surface area (Å²) < 4.78 is 33.7. The minimum atomic E-state index is -3.61. The van der Waals surface area contributed by atoms with Crippen molar-refractivity contribution in [2.45, 2.75) is 63.5 Å². The number of rotatable bonds is 10. The van der Waals surface area contributed by atoms with Gasteiger partial charge in [-0.25, -0.2) is 13.4 Å². The summed E-state index contributed by atoms with van der Waals surface area (Å²) in [5, 5.41) is 10.8. The van der Waals surface area contributed by atoms with E-state index in [1.165, 1.54) is 34.8 Å². The zero-order valence-corrected chi connectivity index (χ0v) is 25.3. The molecule has 2 N–H and O–H groups in total. The maximum atomic E-state index is 13.0. The molecule has 3 heterocycles. The number of hydrogen-bond acceptors (Lipinski definition) is 9. The van der Waals surface area contributed by atoms with Crippen LogP contribution in [-0.4, -0.2) is 65.1 Å². The van der Waals surface area contributed by atoms with E-state index >= 15 is 0 Å². The highest BCUT2D eigenvalue weighted by molar-refractivity contribution is 7.91. The Balaban J connectivity index is 1.43. The molecule has 1 aliphatic carbocycles. The van der Waals surface area contributed by atoms with Gasteiger partial charge < -0.3 is 20.3 Å². The highest BCUT2D eigenvalue weighted by Crippen LogP contribution is 2.39. The molecule has 0 radical (unpaired) electrons. The Labute approximate surface area is 241 Å². The highest BCUT2D eigenvalue weighted by atomic mass is 35.5. The number of ether oxygens (including phenoxy) is 1. The lowest BCUT2D eigenvalue weighted by Crippen LogP contribution is -2.31. The summed E-state index contributed by atoms with van der Waals surface area (Å²) in [5.74, 6) is 1.79. The summed E-state index contributed by atoms with van der Waals surface area (Å²) in [4.78, 5) is 11.4. The van der Waals surface area contributed by atoms with Crippen molar-refractivity contribution < 1.29 is 13.2 Å². The minimum Gasteiger partial charge on any atom is -0.488 e. The van der Waals surface area contributed by atoms with Crippen molar-refractivity contribution in [2.75, 3.05) is 36.5 Å². The first-order valence-electron chi connectivity index (χ1n) is 13.8. The quantitative estimate of drug-likeness (QED) is 0.320. The molecule has 1 aliphatic heterocycles. The second-order valence-corrected chi connectivity index (χ2v) is 13.8. The van der Waals surface area contributed by atoms with Gasteiger partial charge in [0.05, 0.1) is 29.4 Å². The molecular formula is C28H38ClN7O3S. The van der Waals surface area contributed by atoms with Crippen LogP contribution in [0.2, 0.25) is 5.02 Å². The summed E-state index contributed by atoms with van der Waals surface area (Å²) in [6, 6.07) is 4.28. The van der Waals surface area contributed by atoms with E-state index < -0.39 is 9.84 Å². The van der Waals surface area contributed by atoms with E-state index in [1.807, 2.05) is 13.8 Å². The standard InChI is InChI=1S/C28H38ClN7O3S/c1-17(2)16-40(37,38)27-24(15-36(5)34-27)31-26-22(29)13-30-28(33-26)32-23-11-18(3)21(12-25(23)39-20-8-9-20)19-7-6-10-35(4)14-19/h11-13,15,17,19-20H,6-10,14,16H2,1-5H3,(H2,30,31,32,33). The maximum Gasteiger partial charge on any atom is 0.229 e. The van der Waals surface area contributed by atoms with Crippen LogP contribution in [0.5, 0.6) is 5.75 Å². The van der Waals surface area contributed by atoms with Crippen molar-refractivity contribution in [1.82, 2.24) is 24.6 Å². The van der Waals surface area contributed by atoms with Crippen molar-refractivity contribution >= 4 is 44.6 Å². The molecule has 0 bridgehead atoms. The molecule has 0 spiro atoms. The molecule has 3 aromatic rings. The summed E-state index contributed by atoms with van der Waals surface area (Å²) in [5.41, 5.74) is 3.60. The van der Waals surface area contributed by atoms with Gasteiger partial charge in [-0.05, 0) is 81.3 Å². The van der Waals surface area contributed by atoms with Crippen molar-refractivity contribution in [1.29, 1.82) is 0 Å². The third-order valence-corrected chi connectivity index (χ3v) is 9.41. The molecule has 1 atom stereocenters. The van der Waals surface area contributed by atoms with Gasteiger partial charge in [0.15, 0.2) is 15.7 Å². The first-order valence-corrected chi connectivity index (χ1v) is 15.8. The van der Waals surface area contributed by atoms with Crippen LogP contribution in [0.25, 0.3) is 0 Å². The van der Waals surface area contributed by atoms with E-state index in [-0.39, 0.29) is 33.6 Å². The van der Waals surface area contributed by atoms with Crippen LogP contribution in [0.4, 0.5) is 23.1 Å². The number of nitrogens with one attached hydrogen (secondary N) is 2. The van der Waals surface area contributed by atoms with Crippen LogP contribution in [0.15, 0.2) is 29.6 Å². The molecule has 1 saturated carbocycles. The average molecular weight is 588 g/mol. The third kappa shape index (κ3) is 6.70. The fourth-order valence-corrected chi connectivity index (χ4v) is 7.05. The number of sulfone groups is 1. The molecule has 40 heavy (non-hydrogen) atoms. The average Bonchev–Trinajstić information content (AvgIpc) is 3.61. The lowest BCUT2D eigenvalue weighted by atomic mass is 9.87. The van der Waals surface area contributed by atoms with E-state index in [0.717, 1.165) is 37.4 Å². The van der Waals surface area contributed by atoms with Crippen LogP contribution in [-0.2, 0) is 16.9 Å². The topological polar surface area (TPSA) is 114 Å². The normalized spacial score (nSPS) is 18.2. The first kappa shape index (κ1) is 28.6. The van der Waals surface area contributed by atoms with Crippen LogP contribution in [0.1, 0.15) is 56.6 Å². The third-order valence-electron chi connectivity index (χ3n) is 7.14. The Morgan fingerprint density at radius 2 is 1.93 bits per heavy atom. The van der Waals surface area contributed by atoms with Gasteiger partial charge in [0.25, 0.3) is 0 Å². The maximum absolute atomic E-state index is 13.0. The van der Waals surface area contributed by atoms with Gasteiger partial charge in [0.1, 0.15) is 10.8 Å². The van der Waals surface area contributed by atoms with Crippen molar-refractivity contribution in [3.05, 3.63) is 40.7 Å². The van der Waals surface area contributed by atoms with Gasteiger partial charge in [-0.1, -0.05) is 25.4 Å². The fourth-order valence-electron chi connectivity index (χ4n) is 5.19. The second kappa shape index (κ2) is 11.5. The van der Waals surface area contributed by atoms with E-state index in [1.54, 1.807) is 13.2 Å². The van der Waals surface area contributed by atoms with Gasteiger partial charge in [0, 0.05) is 19.8 Å². The molecule has 1 saturated heterocycles. The number of likely N-dealkylation sites (N-methyl/N-ethyl adjacent to an activating group) is 1. The lowest BCUT2D eigenvalue weighted by Gasteiger charge is -2.31. The molecule has 1 aromatic carbocycles. The Bertz CT molecular complexity index is 1490. The van der Waals surface area contributed by atoms with Gasteiger partial charge in [-0.15, -0.1) is 0 Å². The second-order valence-electron chi connectivity index (χ2n) is 11.5. The number of likely N-dealkylation sites (tertiary alicyclic amines) is 1. The molecule has 2 aromatic heterocycles. The SMILES string of the molecule is Cc1cc(Nc2ncc(Cl)c(Nc3cn(C)nc3S(=O)(=O)CC(C)C)n2)c(OC2CC2)cc1C1CCCN(C)C1. The molecule has 5 rings (SSSR count). The smallest absolute Gasteiger partial charge is 0.229 e. The van der Waals surface area contributed by atoms with Crippen molar-refractivity contribution in [2.24, 2.45) is 13.0 Å². The van der Waals surface area contributed by atoms with Crippen LogP contribution < -0.4 is 15.4 Å². The first-order chi connectivity index (χ1) is 19.0. The van der Waals surface area contributed by atoms with Crippen LogP contribution in [0, 0.1) is 12.8 Å². The number of halogens is 1. The van der Waals surface area contributed by atoms with E-state index in [9.17, 15) is 8.42 Å². The molecule has 0 amide bonds. The number of aryl methyl sites for hydroxylation is 2. The summed E-state index contributed by atoms with van der Waals surface area (Å²) in [6.45, 7) is 8.02. The molecule has 10 nitrogen and oxygen atoms in total. The van der Waals surface area contributed by atoms with E-state index in [4.69, 9.17) is 16.3 Å². The Morgan fingerprint density at radius 1 is 1.15 bits per heavy atom. The number of aromatic nitrogens is 4. The number of hydrogen-bond donors (Lipinski definition) is 2. The zero-order chi connectivity index (χ0) is 28.6. The Morgan fingerprint density at radius 3 is 2.62 bits per heavy atom. The van der Waals surface area contributed by atoms with E-state index in [0.29, 0.717) is 17.6 Å². The van der Waals surface area contributed by atoms with Gasteiger partial charge in [-0.2, -0.15) is 10.1 Å². The largest absolute Gasteiger partial charge is 0.488 e. The Hall–Kier alpha value is -2.89. The number of piperidine rings is 1. The molecular weight excluding hydrogens is 550 g/mol. The monoisotopic (exact) mass is 587 g/mol. The van der Waals surface area contributed by atoms with E-state index in [2.05, 4.69) is 56.7 Å². The Kier molecular flexibility index (Phi) is 8.26. The lowest BCUT2D eigenvalue weighted by molar-refractivity contribution is 0.249. The van der Waals surface area contributed by atoms with Crippen LogP contribution in [0.3, 0.4) is 0 Å². The molecule has 2 fully saturated rings. The predicted octanol–water partition coefficient (Wildman–Crippen LogP) is 5.44. The fraction of sp³-hybridized carbons (Fsp3) is 0.536. The minimum absolute atomic E-state index is 0.0146.